The molecule has 62 valence electrons. The first-order valence-corrected chi connectivity index (χ1v) is 4.02. The molecule has 0 amide bonds. The van der Waals surface area contributed by atoms with Crippen LogP contribution in [0.3, 0.4) is 0 Å². The Hall–Kier alpha value is -1.51. The van der Waals surface area contributed by atoms with Crippen molar-refractivity contribution in [2.24, 2.45) is 0 Å². The Morgan fingerprint density at radius 1 is 1.58 bits per heavy atom. The molecule has 0 bridgehead atoms. The zero-order valence-electron chi connectivity index (χ0n) is 6.99. The minimum Gasteiger partial charge on any atom is -0.399 e. The van der Waals surface area contributed by atoms with Crippen molar-refractivity contribution in [1.29, 1.82) is 0 Å². The second kappa shape index (κ2) is 2.52. The molecule has 0 fully saturated rings. The van der Waals surface area contributed by atoms with Crippen molar-refractivity contribution in [1.82, 2.24) is 9.38 Å². The van der Waals surface area contributed by atoms with Gasteiger partial charge in [0.2, 0.25) is 0 Å². The van der Waals surface area contributed by atoms with Gasteiger partial charge in [-0.3, -0.25) is 0 Å². The topological polar surface area (TPSA) is 43.3 Å². The molecule has 0 aliphatic heterocycles. The summed E-state index contributed by atoms with van der Waals surface area (Å²) in [6.45, 7) is 2.09. The van der Waals surface area contributed by atoms with Crippen molar-refractivity contribution in [2.45, 2.75) is 13.3 Å². The number of anilines is 1. The molecular weight excluding hydrogens is 150 g/mol. The van der Waals surface area contributed by atoms with Crippen LogP contribution in [0.5, 0.6) is 0 Å². The number of fused-ring (bicyclic) bond motifs is 1. The predicted molar refractivity (Wildman–Crippen MR) is 49.0 cm³/mol. The number of pyridine rings is 1. The number of aromatic nitrogens is 2. The highest BCUT2D eigenvalue weighted by Crippen LogP contribution is 2.09. The van der Waals surface area contributed by atoms with Gasteiger partial charge in [-0.1, -0.05) is 6.92 Å². The lowest BCUT2D eigenvalue weighted by atomic mass is 10.4. The van der Waals surface area contributed by atoms with Crippen molar-refractivity contribution in [3.63, 3.8) is 0 Å². The van der Waals surface area contributed by atoms with E-state index in [0.717, 1.165) is 23.4 Å². The van der Waals surface area contributed by atoms with Gasteiger partial charge in [-0.05, 0) is 12.5 Å². The summed E-state index contributed by atoms with van der Waals surface area (Å²) in [5.41, 5.74) is 8.40. The maximum Gasteiger partial charge on any atom is 0.139 e. The number of nitrogens with two attached hydrogens (primary N) is 1. The van der Waals surface area contributed by atoms with Gasteiger partial charge in [-0.2, -0.15) is 0 Å². The Labute approximate surface area is 70.8 Å². The maximum absolute atomic E-state index is 5.62. The van der Waals surface area contributed by atoms with E-state index in [2.05, 4.69) is 11.9 Å². The minimum absolute atomic E-state index is 0.760. The Balaban J connectivity index is 2.67. The van der Waals surface area contributed by atoms with E-state index in [4.69, 9.17) is 5.73 Å². The molecule has 12 heavy (non-hydrogen) atoms. The van der Waals surface area contributed by atoms with E-state index < -0.39 is 0 Å². The largest absolute Gasteiger partial charge is 0.399 e. The summed E-state index contributed by atoms with van der Waals surface area (Å²) < 4.78 is 1.98. The zero-order valence-corrected chi connectivity index (χ0v) is 6.99. The van der Waals surface area contributed by atoms with E-state index in [1.165, 1.54) is 0 Å². The van der Waals surface area contributed by atoms with E-state index in [0.29, 0.717) is 0 Å². The smallest absolute Gasteiger partial charge is 0.139 e. The molecule has 0 atom stereocenters. The van der Waals surface area contributed by atoms with Crippen molar-refractivity contribution in [3.8, 4) is 0 Å². The molecule has 0 aliphatic rings. The first kappa shape index (κ1) is 7.16. The molecule has 3 heteroatoms. The van der Waals surface area contributed by atoms with Gasteiger partial charge in [0.25, 0.3) is 0 Å². The fourth-order valence-corrected chi connectivity index (χ4v) is 1.22. The minimum atomic E-state index is 0.760. The van der Waals surface area contributed by atoms with Crippen molar-refractivity contribution in [3.05, 3.63) is 30.2 Å². The molecule has 2 rings (SSSR count). The van der Waals surface area contributed by atoms with E-state index in [9.17, 15) is 0 Å². The fraction of sp³-hybridized carbons (Fsp3) is 0.222. The molecule has 0 aromatic carbocycles. The summed E-state index contributed by atoms with van der Waals surface area (Å²) in [7, 11) is 0. The number of hydrogen-bond acceptors (Lipinski definition) is 2. The van der Waals surface area contributed by atoms with Crippen LogP contribution < -0.4 is 5.73 Å². The molecule has 2 aromatic rings. The van der Waals surface area contributed by atoms with E-state index >= 15 is 0 Å². The SMILES string of the molecule is CCc1cn2ccc(N)cc2n1. The van der Waals surface area contributed by atoms with Crippen LogP contribution in [0.4, 0.5) is 5.69 Å². The molecule has 3 nitrogen and oxygen atoms in total. The average Bonchev–Trinajstić information content (AvgIpc) is 2.46. The number of nitrogens with zero attached hydrogens (tertiary/aromatic N) is 2. The summed E-state index contributed by atoms with van der Waals surface area (Å²) in [6.07, 6.45) is 4.91. The lowest BCUT2D eigenvalue weighted by Gasteiger charge is -1.92. The highest BCUT2D eigenvalue weighted by atomic mass is 15.0. The Bertz CT molecular complexity index is 403. The van der Waals surface area contributed by atoms with Crippen molar-refractivity contribution < 1.29 is 0 Å². The lowest BCUT2D eigenvalue weighted by molar-refractivity contribution is 1.07. The summed E-state index contributed by atoms with van der Waals surface area (Å²) in [6, 6.07) is 3.74. The molecule has 0 saturated heterocycles. The summed E-state index contributed by atoms with van der Waals surface area (Å²) >= 11 is 0. The molecule has 2 aromatic heterocycles. The molecule has 0 saturated carbocycles. The normalized spacial score (nSPS) is 10.8. The van der Waals surface area contributed by atoms with Gasteiger partial charge in [0.05, 0.1) is 5.69 Å². The first-order chi connectivity index (χ1) is 5.79. The summed E-state index contributed by atoms with van der Waals surface area (Å²) in [5.74, 6) is 0. The van der Waals surface area contributed by atoms with Crippen LogP contribution in [-0.2, 0) is 6.42 Å². The quantitative estimate of drug-likeness (QED) is 0.688. The van der Waals surface area contributed by atoms with Gasteiger partial charge in [0.1, 0.15) is 5.65 Å². The van der Waals surface area contributed by atoms with E-state index in [1.54, 1.807) is 0 Å². The van der Waals surface area contributed by atoms with Crippen LogP contribution in [0.1, 0.15) is 12.6 Å². The lowest BCUT2D eigenvalue weighted by Crippen LogP contribution is -1.87. The molecule has 2 heterocycles. The number of aryl methyl sites for hydroxylation is 1. The van der Waals surface area contributed by atoms with Gasteiger partial charge >= 0.3 is 0 Å². The maximum atomic E-state index is 5.62. The highest BCUT2D eigenvalue weighted by molar-refractivity contribution is 5.52. The summed E-state index contributed by atoms with van der Waals surface area (Å²) in [4.78, 5) is 4.38. The van der Waals surface area contributed by atoms with Gasteiger partial charge in [0, 0.05) is 24.1 Å². The fourth-order valence-electron chi connectivity index (χ4n) is 1.22. The average molecular weight is 161 g/mol. The van der Waals surface area contributed by atoms with Crippen molar-refractivity contribution >= 4 is 11.3 Å². The molecule has 0 aliphatic carbocycles. The van der Waals surface area contributed by atoms with Crippen LogP contribution in [0, 0.1) is 0 Å². The number of hydrogen-bond donors (Lipinski definition) is 1. The van der Waals surface area contributed by atoms with Crippen LogP contribution in [-0.4, -0.2) is 9.38 Å². The second-order valence-corrected chi connectivity index (χ2v) is 2.81. The van der Waals surface area contributed by atoms with E-state index in [-0.39, 0.29) is 0 Å². The summed E-state index contributed by atoms with van der Waals surface area (Å²) in [5, 5.41) is 0. The number of nitrogen functional groups attached to an aromatic ring is 1. The standard InChI is InChI=1S/C9H11N3/c1-2-8-6-12-4-3-7(10)5-9(12)11-8/h3-6H,2,10H2,1H3. The Kier molecular flexibility index (Phi) is 1.50. The Morgan fingerprint density at radius 3 is 3.17 bits per heavy atom. The third-order valence-electron chi connectivity index (χ3n) is 1.90. The third-order valence-corrected chi connectivity index (χ3v) is 1.90. The van der Waals surface area contributed by atoms with Crippen LogP contribution in [0.2, 0.25) is 0 Å². The molecule has 2 N–H and O–H groups in total. The number of rotatable bonds is 1. The highest BCUT2D eigenvalue weighted by Gasteiger charge is 1.98. The van der Waals surface area contributed by atoms with E-state index in [1.807, 2.05) is 28.9 Å². The van der Waals surface area contributed by atoms with Gasteiger partial charge < -0.3 is 10.1 Å². The predicted octanol–water partition coefficient (Wildman–Crippen LogP) is 1.48. The second-order valence-electron chi connectivity index (χ2n) is 2.81. The molecule has 0 radical (unpaired) electrons. The van der Waals surface area contributed by atoms with Crippen LogP contribution in [0.25, 0.3) is 5.65 Å². The third kappa shape index (κ3) is 1.03. The molecule has 0 spiro atoms. The van der Waals surface area contributed by atoms with Crippen LogP contribution >= 0.6 is 0 Å². The van der Waals surface area contributed by atoms with Gasteiger partial charge in [0.15, 0.2) is 0 Å². The van der Waals surface area contributed by atoms with Gasteiger partial charge in [-0.15, -0.1) is 0 Å². The first-order valence-electron chi connectivity index (χ1n) is 4.02. The van der Waals surface area contributed by atoms with Gasteiger partial charge in [-0.25, -0.2) is 4.98 Å². The Morgan fingerprint density at radius 2 is 2.42 bits per heavy atom. The zero-order chi connectivity index (χ0) is 8.55. The molecule has 0 unspecified atom stereocenters. The molecular formula is C9H11N3. The van der Waals surface area contributed by atoms with Crippen molar-refractivity contribution in [2.75, 3.05) is 5.73 Å². The monoisotopic (exact) mass is 161 g/mol. The van der Waals surface area contributed by atoms with Crippen LogP contribution in [0.15, 0.2) is 24.5 Å². The number of imidazole rings is 1.